The fourth-order valence-electron chi connectivity index (χ4n) is 1.78. The third kappa shape index (κ3) is 3.65. The molecule has 0 aromatic carbocycles. The molecule has 2 aromatic heterocycles. The third-order valence-electron chi connectivity index (χ3n) is 2.80. The summed E-state index contributed by atoms with van der Waals surface area (Å²) in [6.07, 6.45) is 1.74. The zero-order chi connectivity index (χ0) is 15.6. The Bertz CT molecular complexity index is 664. The first-order chi connectivity index (χ1) is 9.92. The van der Waals surface area contributed by atoms with E-state index in [2.05, 4.69) is 44.7 Å². The van der Waals surface area contributed by atoms with E-state index in [1.165, 1.54) is 11.8 Å². The topological polar surface area (TPSA) is 73.9 Å². The molecule has 0 saturated heterocycles. The van der Waals surface area contributed by atoms with E-state index in [1.807, 2.05) is 13.0 Å². The molecule has 0 aliphatic carbocycles. The average molecular weight is 369 g/mol. The van der Waals surface area contributed by atoms with E-state index in [1.54, 1.807) is 13.3 Å². The number of aromatic nitrogens is 3. The van der Waals surface area contributed by atoms with Crippen molar-refractivity contribution in [2.24, 2.45) is 0 Å². The van der Waals surface area contributed by atoms with Gasteiger partial charge in [0.2, 0.25) is 5.88 Å². The van der Waals surface area contributed by atoms with Crippen LogP contribution in [0.2, 0.25) is 0 Å². The van der Waals surface area contributed by atoms with Gasteiger partial charge in [-0.1, -0.05) is 25.6 Å². The number of anilines is 1. The van der Waals surface area contributed by atoms with Gasteiger partial charge in [-0.15, -0.1) is 0 Å². The van der Waals surface area contributed by atoms with Crippen LogP contribution in [0.25, 0.3) is 0 Å². The lowest BCUT2D eigenvalue weighted by atomic mass is 10.1. The lowest BCUT2D eigenvalue weighted by Crippen LogP contribution is -2.01. The summed E-state index contributed by atoms with van der Waals surface area (Å²) in [5.41, 5.74) is 6.92. The molecule has 2 aromatic rings. The summed E-state index contributed by atoms with van der Waals surface area (Å²) < 4.78 is 6.07. The number of nitrogens with zero attached hydrogens (tertiary/aromatic N) is 3. The Morgan fingerprint density at radius 1 is 1.29 bits per heavy atom. The zero-order valence-electron chi connectivity index (χ0n) is 12.3. The van der Waals surface area contributed by atoms with Crippen molar-refractivity contribution in [1.82, 2.24) is 15.0 Å². The van der Waals surface area contributed by atoms with Crippen LogP contribution in [0, 0.1) is 6.92 Å². The summed E-state index contributed by atoms with van der Waals surface area (Å²) in [4.78, 5) is 14.8. The minimum Gasteiger partial charge on any atom is -0.480 e. The quantitative estimate of drug-likeness (QED) is 0.884. The number of hydrogen-bond acceptors (Lipinski definition) is 6. The molecule has 2 rings (SSSR count). The number of pyridine rings is 1. The van der Waals surface area contributed by atoms with Crippen LogP contribution in [0.15, 0.2) is 26.5 Å². The van der Waals surface area contributed by atoms with Gasteiger partial charge in [0.15, 0.2) is 0 Å². The second-order valence-electron chi connectivity index (χ2n) is 4.79. The Balaban J connectivity index is 2.45. The SMILES string of the molecule is COc1nc(C(C)C)c(Sc2cnc(C)nc2N)cc1Br. The highest BCUT2D eigenvalue weighted by Gasteiger charge is 2.16. The Kier molecular flexibility index (Phi) is 5.05. The molecule has 112 valence electrons. The van der Waals surface area contributed by atoms with Crippen LogP contribution in [0.4, 0.5) is 5.82 Å². The molecule has 0 bridgehead atoms. The number of ether oxygens (including phenoxy) is 1. The summed E-state index contributed by atoms with van der Waals surface area (Å²) >= 11 is 4.98. The van der Waals surface area contributed by atoms with Crippen molar-refractivity contribution in [3.63, 3.8) is 0 Å². The molecule has 5 nitrogen and oxygen atoms in total. The first-order valence-corrected chi connectivity index (χ1v) is 8.04. The van der Waals surface area contributed by atoms with Crippen molar-refractivity contribution < 1.29 is 4.74 Å². The van der Waals surface area contributed by atoms with E-state index in [0.29, 0.717) is 17.5 Å². The largest absolute Gasteiger partial charge is 0.480 e. The predicted octanol–water partition coefficient (Wildman–Crippen LogP) is 3.81. The zero-order valence-corrected chi connectivity index (χ0v) is 14.7. The molecule has 0 radical (unpaired) electrons. The Morgan fingerprint density at radius 3 is 2.57 bits per heavy atom. The smallest absolute Gasteiger partial charge is 0.228 e. The Hall–Kier alpha value is -1.34. The Labute approximate surface area is 136 Å². The second kappa shape index (κ2) is 6.62. The van der Waals surface area contributed by atoms with Crippen LogP contribution in [0.3, 0.4) is 0 Å². The van der Waals surface area contributed by atoms with E-state index < -0.39 is 0 Å². The molecule has 2 heterocycles. The van der Waals surface area contributed by atoms with Crippen LogP contribution >= 0.6 is 27.7 Å². The van der Waals surface area contributed by atoms with Gasteiger partial charge in [0.25, 0.3) is 0 Å². The van der Waals surface area contributed by atoms with Crippen molar-refractivity contribution >= 4 is 33.5 Å². The van der Waals surface area contributed by atoms with Crippen LogP contribution < -0.4 is 10.5 Å². The molecule has 0 saturated carbocycles. The summed E-state index contributed by atoms with van der Waals surface area (Å²) in [5.74, 6) is 1.99. The highest BCUT2D eigenvalue weighted by Crippen LogP contribution is 2.38. The molecular weight excluding hydrogens is 352 g/mol. The van der Waals surface area contributed by atoms with Gasteiger partial charge in [-0.2, -0.15) is 0 Å². The maximum absolute atomic E-state index is 5.96. The average Bonchev–Trinajstić information content (AvgIpc) is 2.41. The van der Waals surface area contributed by atoms with Gasteiger partial charge in [0, 0.05) is 11.1 Å². The Morgan fingerprint density at radius 2 is 2.00 bits per heavy atom. The summed E-state index contributed by atoms with van der Waals surface area (Å²) in [6, 6.07) is 1.99. The second-order valence-corrected chi connectivity index (χ2v) is 6.72. The minimum atomic E-state index is 0.266. The monoisotopic (exact) mass is 368 g/mol. The molecule has 0 atom stereocenters. The molecule has 0 aliphatic rings. The third-order valence-corrected chi connectivity index (χ3v) is 4.45. The lowest BCUT2D eigenvalue weighted by molar-refractivity contribution is 0.391. The summed E-state index contributed by atoms with van der Waals surface area (Å²) in [5, 5.41) is 0. The molecule has 21 heavy (non-hydrogen) atoms. The maximum Gasteiger partial charge on any atom is 0.228 e. The molecule has 0 aliphatic heterocycles. The number of halogens is 1. The highest BCUT2D eigenvalue weighted by atomic mass is 79.9. The number of methoxy groups -OCH3 is 1. The van der Waals surface area contributed by atoms with E-state index in [-0.39, 0.29) is 5.92 Å². The van der Waals surface area contributed by atoms with E-state index >= 15 is 0 Å². The van der Waals surface area contributed by atoms with Gasteiger partial charge in [-0.05, 0) is 34.8 Å². The van der Waals surface area contributed by atoms with Gasteiger partial charge >= 0.3 is 0 Å². The molecular formula is C14H17BrN4OS. The number of rotatable bonds is 4. The number of hydrogen-bond donors (Lipinski definition) is 1. The van der Waals surface area contributed by atoms with E-state index in [0.717, 1.165) is 20.0 Å². The molecule has 0 spiro atoms. The van der Waals surface area contributed by atoms with Crippen molar-refractivity contribution in [2.45, 2.75) is 36.5 Å². The molecule has 0 amide bonds. The van der Waals surface area contributed by atoms with Crippen molar-refractivity contribution in [2.75, 3.05) is 12.8 Å². The summed E-state index contributed by atoms with van der Waals surface area (Å²) in [7, 11) is 1.61. The number of nitrogens with two attached hydrogens (primary N) is 1. The normalized spacial score (nSPS) is 11.0. The van der Waals surface area contributed by atoms with Crippen molar-refractivity contribution in [3.8, 4) is 5.88 Å². The highest BCUT2D eigenvalue weighted by molar-refractivity contribution is 9.10. The van der Waals surface area contributed by atoms with Gasteiger partial charge < -0.3 is 10.5 Å². The standard InChI is InChI=1S/C14H17BrN4OS/c1-7(2)12-10(5-9(15)14(19-12)20-4)21-11-6-17-8(3)18-13(11)16/h5-7H,1-4H3,(H2,16,17,18). The fourth-order valence-corrected chi connectivity index (χ4v) is 3.47. The van der Waals surface area contributed by atoms with Gasteiger partial charge in [0.1, 0.15) is 11.6 Å². The lowest BCUT2D eigenvalue weighted by Gasteiger charge is -2.14. The fraction of sp³-hybridized carbons (Fsp3) is 0.357. The van der Waals surface area contributed by atoms with Gasteiger partial charge in [-0.25, -0.2) is 15.0 Å². The number of aryl methyl sites for hydroxylation is 1. The van der Waals surface area contributed by atoms with Crippen molar-refractivity contribution in [3.05, 3.63) is 28.3 Å². The van der Waals surface area contributed by atoms with Crippen molar-refractivity contribution in [1.29, 1.82) is 0 Å². The molecule has 0 fully saturated rings. The van der Waals surface area contributed by atoms with Crippen LogP contribution in [-0.2, 0) is 0 Å². The van der Waals surface area contributed by atoms with E-state index in [9.17, 15) is 0 Å². The predicted molar refractivity (Wildman–Crippen MR) is 87.9 cm³/mol. The molecule has 0 unspecified atom stereocenters. The minimum absolute atomic E-state index is 0.266. The van der Waals surface area contributed by atoms with E-state index in [4.69, 9.17) is 10.5 Å². The van der Waals surface area contributed by atoms with Crippen LogP contribution in [0.1, 0.15) is 31.3 Å². The van der Waals surface area contributed by atoms with Gasteiger partial charge in [0.05, 0.1) is 22.2 Å². The van der Waals surface area contributed by atoms with Gasteiger partial charge in [-0.3, -0.25) is 0 Å². The summed E-state index contributed by atoms with van der Waals surface area (Å²) in [6.45, 7) is 6.00. The molecule has 7 heteroatoms. The van der Waals surface area contributed by atoms with Crippen LogP contribution in [-0.4, -0.2) is 22.1 Å². The first-order valence-electron chi connectivity index (χ1n) is 6.43. The molecule has 2 N–H and O–H groups in total. The number of nitrogen functional groups attached to an aromatic ring is 1. The first kappa shape index (κ1) is 16.0. The maximum atomic E-state index is 5.96. The van der Waals surface area contributed by atoms with Crippen LogP contribution in [0.5, 0.6) is 5.88 Å².